The third kappa shape index (κ3) is 9.57. The SMILES string of the molecule is CCCCn1cc[n+](COCCOC[n+]2ccn(CCCC)c2)c1.[Cl-].[Cl-]. The maximum absolute atomic E-state index is 5.64. The van der Waals surface area contributed by atoms with E-state index in [1.54, 1.807) is 0 Å². The van der Waals surface area contributed by atoms with Crippen molar-refractivity contribution in [3.63, 3.8) is 0 Å². The van der Waals surface area contributed by atoms with Crippen molar-refractivity contribution >= 4 is 0 Å². The van der Waals surface area contributed by atoms with Crippen LogP contribution >= 0.6 is 0 Å². The van der Waals surface area contributed by atoms with Gasteiger partial charge in [-0.3, -0.25) is 0 Å². The minimum atomic E-state index is 0. The second-order valence-electron chi connectivity index (χ2n) is 6.11. The minimum absolute atomic E-state index is 0. The monoisotopic (exact) mass is 406 g/mol. The van der Waals surface area contributed by atoms with E-state index in [0.717, 1.165) is 13.1 Å². The van der Waals surface area contributed by atoms with Crippen molar-refractivity contribution in [2.24, 2.45) is 0 Å². The maximum Gasteiger partial charge on any atom is 0.245 e. The Hall–Kier alpha value is -1.08. The molecule has 0 N–H and O–H groups in total. The normalized spacial score (nSPS) is 10.4. The molecule has 0 aliphatic carbocycles. The van der Waals surface area contributed by atoms with E-state index < -0.39 is 0 Å². The Labute approximate surface area is 169 Å². The standard InChI is InChI=1S/C18H32N4O2.2ClH/c1-3-5-7-19-9-11-21(15-19)17-23-13-14-24-18-22-12-10-20(16-22)8-6-4-2;;/h9-12,15-16H,3-8,13-14,17-18H2,1-2H3;2*1H/q+2;;/p-2. The first-order chi connectivity index (χ1) is 11.8. The number of rotatable bonds is 13. The van der Waals surface area contributed by atoms with Crippen LogP contribution in [0.15, 0.2) is 37.4 Å². The molecule has 0 spiro atoms. The van der Waals surface area contributed by atoms with Crippen molar-refractivity contribution in [2.75, 3.05) is 13.2 Å². The van der Waals surface area contributed by atoms with E-state index in [2.05, 4.69) is 57.2 Å². The van der Waals surface area contributed by atoms with E-state index in [9.17, 15) is 0 Å². The predicted molar refractivity (Wildman–Crippen MR) is 91.0 cm³/mol. The van der Waals surface area contributed by atoms with Crippen LogP contribution < -0.4 is 33.9 Å². The molecule has 0 radical (unpaired) electrons. The van der Waals surface area contributed by atoms with Crippen molar-refractivity contribution < 1.29 is 43.4 Å². The molecule has 0 bridgehead atoms. The summed E-state index contributed by atoms with van der Waals surface area (Å²) < 4.78 is 19.8. The summed E-state index contributed by atoms with van der Waals surface area (Å²) in [7, 11) is 0. The highest BCUT2D eigenvalue weighted by atomic mass is 35.5. The maximum atomic E-state index is 5.64. The molecule has 150 valence electrons. The van der Waals surface area contributed by atoms with Crippen LogP contribution in [0, 0.1) is 0 Å². The molecule has 6 nitrogen and oxygen atoms in total. The zero-order valence-corrected chi connectivity index (χ0v) is 17.4. The lowest BCUT2D eigenvalue weighted by Crippen LogP contribution is -3.00. The van der Waals surface area contributed by atoms with Crippen LogP contribution in [0.3, 0.4) is 0 Å². The first-order valence-corrected chi connectivity index (χ1v) is 9.07. The van der Waals surface area contributed by atoms with Gasteiger partial charge in [0.1, 0.15) is 24.8 Å². The molecule has 2 rings (SSSR count). The van der Waals surface area contributed by atoms with Crippen molar-refractivity contribution in [2.45, 2.75) is 66.1 Å². The summed E-state index contributed by atoms with van der Waals surface area (Å²) >= 11 is 0. The lowest BCUT2D eigenvalue weighted by Gasteiger charge is -2.02. The summed E-state index contributed by atoms with van der Waals surface area (Å²) in [6, 6.07) is 0. The third-order valence-electron chi connectivity index (χ3n) is 3.88. The van der Waals surface area contributed by atoms with E-state index >= 15 is 0 Å². The number of halogens is 2. The van der Waals surface area contributed by atoms with Crippen LogP contribution in [0.25, 0.3) is 0 Å². The van der Waals surface area contributed by atoms with Crippen LogP contribution in [0.5, 0.6) is 0 Å². The smallest absolute Gasteiger partial charge is 0.245 e. The molecule has 0 atom stereocenters. The molecule has 8 heteroatoms. The molecule has 2 aromatic heterocycles. The quantitative estimate of drug-likeness (QED) is 0.252. The molecular weight excluding hydrogens is 375 g/mol. The van der Waals surface area contributed by atoms with Gasteiger partial charge in [0.15, 0.2) is 13.5 Å². The minimum Gasteiger partial charge on any atom is -1.00 e. The summed E-state index contributed by atoms with van der Waals surface area (Å²) in [5.41, 5.74) is 0. The molecule has 0 aliphatic rings. The van der Waals surface area contributed by atoms with Gasteiger partial charge in [-0.2, -0.15) is 0 Å². The highest BCUT2D eigenvalue weighted by molar-refractivity contribution is 4.66. The first kappa shape index (κ1) is 24.9. The van der Waals surface area contributed by atoms with E-state index in [-0.39, 0.29) is 24.8 Å². The average molecular weight is 407 g/mol. The number of unbranched alkanes of at least 4 members (excludes halogenated alkanes) is 2. The summed E-state index contributed by atoms with van der Waals surface area (Å²) in [5, 5.41) is 0. The Balaban J connectivity index is 0.00000312. The van der Waals surface area contributed by atoms with Crippen molar-refractivity contribution in [3.05, 3.63) is 37.4 Å². The van der Waals surface area contributed by atoms with Gasteiger partial charge in [-0.05, 0) is 12.8 Å². The lowest BCUT2D eigenvalue weighted by atomic mass is 10.3. The fourth-order valence-electron chi connectivity index (χ4n) is 2.43. The second kappa shape index (κ2) is 15.0. The Kier molecular flexibility index (Phi) is 14.4. The van der Waals surface area contributed by atoms with Crippen molar-refractivity contribution in [1.82, 2.24) is 9.13 Å². The van der Waals surface area contributed by atoms with Crippen LogP contribution in [0.4, 0.5) is 0 Å². The summed E-state index contributed by atoms with van der Waals surface area (Å²) in [4.78, 5) is 0. The Morgan fingerprint density at radius 1 is 0.731 bits per heavy atom. The van der Waals surface area contributed by atoms with Crippen molar-refractivity contribution in [1.29, 1.82) is 0 Å². The lowest BCUT2D eigenvalue weighted by molar-refractivity contribution is -0.737. The third-order valence-corrected chi connectivity index (χ3v) is 3.88. The highest BCUT2D eigenvalue weighted by Gasteiger charge is 2.04. The second-order valence-corrected chi connectivity index (χ2v) is 6.11. The Bertz CT molecular complexity index is 525. The first-order valence-electron chi connectivity index (χ1n) is 9.07. The molecule has 0 fully saturated rings. The van der Waals surface area contributed by atoms with E-state index in [1.807, 2.05) is 12.4 Å². The van der Waals surface area contributed by atoms with Gasteiger partial charge in [-0.25, -0.2) is 18.3 Å². The molecule has 0 unspecified atom stereocenters. The van der Waals surface area contributed by atoms with Crippen LogP contribution in [0.2, 0.25) is 0 Å². The number of hydrogen-bond acceptors (Lipinski definition) is 2. The topological polar surface area (TPSA) is 36.1 Å². The average Bonchev–Trinajstić information content (AvgIpc) is 3.23. The number of nitrogens with zero attached hydrogens (tertiary/aromatic N) is 4. The Morgan fingerprint density at radius 2 is 1.15 bits per heavy atom. The summed E-state index contributed by atoms with van der Waals surface area (Å²) in [6.07, 6.45) is 17.3. The largest absolute Gasteiger partial charge is 1.00 e. The Morgan fingerprint density at radius 3 is 1.54 bits per heavy atom. The van der Waals surface area contributed by atoms with E-state index in [1.165, 1.54) is 25.7 Å². The van der Waals surface area contributed by atoms with Gasteiger partial charge in [-0.15, -0.1) is 0 Å². The number of aryl methyl sites for hydroxylation is 2. The van der Waals surface area contributed by atoms with Gasteiger partial charge in [0.25, 0.3) is 0 Å². The number of hydrogen-bond donors (Lipinski definition) is 0. The number of aromatic nitrogens is 4. The van der Waals surface area contributed by atoms with Crippen molar-refractivity contribution in [3.8, 4) is 0 Å². The van der Waals surface area contributed by atoms with Gasteiger partial charge in [0.05, 0.1) is 26.3 Å². The van der Waals surface area contributed by atoms with Gasteiger partial charge in [0.2, 0.25) is 12.7 Å². The summed E-state index contributed by atoms with van der Waals surface area (Å²) in [5.74, 6) is 0. The van der Waals surface area contributed by atoms with Gasteiger partial charge >= 0.3 is 0 Å². The van der Waals surface area contributed by atoms with Crippen LogP contribution in [-0.4, -0.2) is 22.3 Å². The molecule has 26 heavy (non-hydrogen) atoms. The molecule has 0 saturated carbocycles. The number of ether oxygens (including phenoxy) is 2. The fraction of sp³-hybridized carbons (Fsp3) is 0.667. The van der Waals surface area contributed by atoms with Crippen LogP contribution in [0.1, 0.15) is 39.5 Å². The zero-order chi connectivity index (χ0) is 17.0. The number of imidazole rings is 2. The van der Waals surface area contributed by atoms with Gasteiger partial charge < -0.3 is 34.3 Å². The van der Waals surface area contributed by atoms with Crippen LogP contribution in [-0.2, 0) is 36.0 Å². The van der Waals surface area contributed by atoms with Gasteiger partial charge in [-0.1, -0.05) is 26.7 Å². The molecule has 2 aromatic rings. The fourth-order valence-corrected chi connectivity index (χ4v) is 2.43. The molecule has 0 aliphatic heterocycles. The molecule has 0 saturated heterocycles. The molecular formula is C18H32Cl2N4O2. The highest BCUT2D eigenvalue weighted by Crippen LogP contribution is 1.94. The molecule has 2 heterocycles. The van der Waals surface area contributed by atoms with E-state index in [4.69, 9.17) is 9.47 Å². The molecule has 0 aromatic carbocycles. The predicted octanol–water partition coefficient (Wildman–Crippen LogP) is -3.88. The zero-order valence-electron chi connectivity index (χ0n) is 15.9. The molecule has 0 amide bonds. The van der Waals surface area contributed by atoms with E-state index in [0.29, 0.717) is 26.7 Å². The summed E-state index contributed by atoms with van der Waals surface area (Å²) in [6.45, 7) is 8.90. The van der Waals surface area contributed by atoms with Gasteiger partial charge in [0, 0.05) is 0 Å².